The first-order valence-corrected chi connectivity index (χ1v) is 8.79. The quantitative estimate of drug-likeness (QED) is 0.356. The highest BCUT2D eigenvalue weighted by atomic mass is 16.5. The van der Waals surface area contributed by atoms with Crippen LogP contribution in [0, 0.1) is 0 Å². The summed E-state index contributed by atoms with van der Waals surface area (Å²) < 4.78 is 11.7. The van der Waals surface area contributed by atoms with Crippen molar-refractivity contribution < 1.29 is 23.9 Å². The second-order valence-corrected chi connectivity index (χ2v) is 6.42. The number of Topliss-reactive ketones (excluding diaryl/α,β-unsaturated/α-hetero) is 2. The average Bonchev–Trinajstić information content (AvgIpc) is 3.00. The summed E-state index contributed by atoms with van der Waals surface area (Å²) in [6.45, 7) is 0. The first-order valence-electron chi connectivity index (χ1n) is 8.79. The van der Waals surface area contributed by atoms with Gasteiger partial charge in [0.2, 0.25) is 0 Å². The molecule has 0 spiro atoms. The minimum Gasteiger partial charge on any atom is -0.497 e. The molecular weight excluding hydrogens is 358 g/mol. The fourth-order valence-corrected chi connectivity index (χ4v) is 3.33. The van der Waals surface area contributed by atoms with Crippen LogP contribution in [0.15, 0.2) is 48.5 Å². The summed E-state index contributed by atoms with van der Waals surface area (Å²) in [5, 5.41) is 0.770. The monoisotopic (exact) mass is 379 g/mol. The Morgan fingerprint density at radius 1 is 0.929 bits per heavy atom. The van der Waals surface area contributed by atoms with Crippen LogP contribution in [-0.2, 0) is 21.4 Å². The van der Waals surface area contributed by atoms with E-state index in [0.717, 1.165) is 22.2 Å². The standard InChI is InChI=1S/C22H21NO5/c1-23-18-7-5-4-6-17(18)21(19(25)12-15(24)13-20(26)28-3)22(23)14-8-10-16(27-2)11-9-14/h4-11H,12-13H2,1-3H3. The van der Waals surface area contributed by atoms with Gasteiger partial charge >= 0.3 is 5.97 Å². The van der Waals surface area contributed by atoms with Gasteiger partial charge < -0.3 is 14.0 Å². The highest BCUT2D eigenvalue weighted by Gasteiger charge is 2.24. The van der Waals surface area contributed by atoms with Crippen molar-refractivity contribution in [2.24, 2.45) is 7.05 Å². The first-order chi connectivity index (χ1) is 13.5. The van der Waals surface area contributed by atoms with E-state index in [4.69, 9.17) is 4.74 Å². The minimum absolute atomic E-state index is 0.323. The van der Waals surface area contributed by atoms with Crippen molar-refractivity contribution in [1.29, 1.82) is 0 Å². The van der Waals surface area contributed by atoms with Crippen LogP contribution < -0.4 is 4.74 Å². The van der Waals surface area contributed by atoms with Crippen molar-refractivity contribution in [3.8, 4) is 17.0 Å². The van der Waals surface area contributed by atoms with Gasteiger partial charge in [0.15, 0.2) is 11.6 Å². The lowest BCUT2D eigenvalue weighted by atomic mass is 9.98. The number of methoxy groups -OCH3 is 2. The SMILES string of the molecule is COC(=O)CC(=O)CC(=O)c1c(-c2ccc(OC)cc2)n(C)c2ccccc12. The second kappa shape index (κ2) is 8.08. The van der Waals surface area contributed by atoms with Gasteiger partial charge in [-0.05, 0) is 35.9 Å². The number of hydrogen-bond acceptors (Lipinski definition) is 5. The predicted molar refractivity (Wildman–Crippen MR) is 105 cm³/mol. The van der Waals surface area contributed by atoms with Gasteiger partial charge in [-0.25, -0.2) is 0 Å². The highest BCUT2D eigenvalue weighted by molar-refractivity contribution is 6.19. The zero-order valence-electron chi connectivity index (χ0n) is 16.0. The Morgan fingerprint density at radius 2 is 1.61 bits per heavy atom. The summed E-state index contributed by atoms with van der Waals surface area (Å²) in [7, 11) is 4.69. The van der Waals surface area contributed by atoms with Crippen molar-refractivity contribution in [1.82, 2.24) is 4.57 Å². The van der Waals surface area contributed by atoms with Crippen LogP contribution in [0.5, 0.6) is 5.75 Å². The maximum absolute atomic E-state index is 13.1. The number of carbonyl (C=O) groups is 3. The summed E-state index contributed by atoms with van der Waals surface area (Å²) in [4.78, 5) is 36.5. The fraction of sp³-hybridized carbons (Fsp3) is 0.227. The second-order valence-electron chi connectivity index (χ2n) is 6.42. The Kier molecular flexibility index (Phi) is 5.59. The topological polar surface area (TPSA) is 74.6 Å². The maximum atomic E-state index is 13.1. The first kappa shape index (κ1) is 19.4. The molecule has 28 heavy (non-hydrogen) atoms. The molecule has 6 nitrogen and oxygen atoms in total. The molecule has 144 valence electrons. The molecule has 0 aliphatic carbocycles. The third-order valence-corrected chi connectivity index (χ3v) is 4.68. The van der Waals surface area contributed by atoms with Gasteiger partial charge in [-0.15, -0.1) is 0 Å². The number of nitrogens with zero attached hydrogens (tertiary/aromatic N) is 1. The van der Waals surface area contributed by atoms with Crippen LogP contribution in [0.25, 0.3) is 22.2 Å². The van der Waals surface area contributed by atoms with E-state index in [2.05, 4.69) is 4.74 Å². The van der Waals surface area contributed by atoms with Gasteiger partial charge in [0, 0.05) is 18.0 Å². The molecule has 2 aromatic carbocycles. The third kappa shape index (κ3) is 3.67. The summed E-state index contributed by atoms with van der Waals surface area (Å²) in [6.07, 6.45) is -0.767. The third-order valence-electron chi connectivity index (χ3n) is 4.68. The number of ether oxygens (including phenoxy) is 2. The number of ketones is 2. The van der Waals surface area contributed by atoms with Gasteiger partial charge in [0.25, 0.3) is 0 Å². The zero-order valence-corrected chi connectivity index (χ0v) is 16.0. The smallest absolute Gasteiger partial charge is 0.313 e. The Balaban J connectivity index is 2.08. The molecule has 3 rings (SSSR count). The van der Waals surface area contributed by atoms with E-state index in [1.165, 1.54) is 7.11 Å². The number of aryl methyl sites for hydroxylation is 1. The number of aromatic nitrogens is 1. The van der Waals surface area contributed by atoms with Crippen LogP contribution in [0.2, 0.25) is 0 Å². The number of rotatable bonds is 7. The molecule has 0 aliphatic heterocycles. The Labute approximate surface area is 162 Å². The van der Waals surface area contributed by atoms with E-state index in [9.17, 15) is 14.4 Å². The average molecular weight is 379 g/mol. The van der Waals surface area contributed by atoms with Crippen LogP contribution in [0.3, 0.4) is 0 Å². The number of para-hydroxylation sites is 1. The molecule has 0 fully saturated rings. The summed E-state index contributed by atoms with van der Waals surface area (Å²) in [5.74, 6) is -0.725. The Morgan fingerprint density at radius 3 is 2.25 bits per heavy atom. The lowest BCUT2D eigenvalue weighted by molar-refractivity contribution is -0.143. The van der Waals surface area contributed by atoms with Crippen LogP contribution in [0.1, 0.15) is 23.2 Å². The maximum Gasteiger partial charge on any atom is 0.313 e. The molecule has 6 heteroatoms. The molecule has 0 saturated carbocycles. The van der Waals surface area contributed by atoms with E-state index in [1.54, 1.807) is 7.11 Å². The molecule has 1 heterocycles. The van der Waals surface area contributed by atoms with E-state index >= 15 is 0 Å². The molecule has 1 aromatic heterocycles. The molecular formula is C22H21NO5. The fourth-order valence-electron chi connectivity index (χ4n) is 3.33. The number of fused-ring (bicyclic) bond motifs is 1. The number of esters is 1. The molecule has 0 unspecified atom stereocenters. The van der Waals surface area contributed by atoms with Crippen LogP contribution in [-0.4, -0.2) is 36.3 Å². The molecule has 0 amide bonds. The molecule has 0 bridgehead atoms. The van der Waals surface area contributed by atoms with Gasteiger partial charge in [-0.2, -0.15) is 0 Å². The van der Waals surface area contributed by atoms with Crippen molar-refractivity contribution in [2.75, 3.05) is 14.2 Å². The summed E-state index contributed by atoms with van der Waals surface area (Å²) in [6, 6.07) is 14.9. The van der Waals surface area contributed by atoms with E-state index in [1.807, 2.05) is 60.1 Å². The summed E-state index contributed by atoms with van der Waals surface area (Å²) >= 11 is 0. The summed E-state index contributed by atoms with van der Waals surface area (Å²) in [5.41, 5.74) is 2.92. The van der Waals surface area contributed by atoms with E-state index < -0.39 is 18.2 Å². The van der Waals surface area contributed by atoms with Gasteiger partial charge in [0.05, 0.1) is 31.9 Å². The van der Waals surface area contributed by atoms with Crippen molar-refractivity contribution >= 4 is 28.4 Å². The molecule has 0 N–H and O–H groups in total. The zero-order chi connectivity index (χ0) is 20.3. The van der Waals surface area contributed by atoms with Crippen LogP contribution >= 0.6 is 0 Å². The predicted octanol–water partition coefficient (Wildman–Crippen LogP) is 3.56. The molecule has 0 aliphatic rings. The molecule has 0 saturated heterocycles. The van der Waals surface area contributed by atoms with Crippen molar-refractivity contribution in [2.45, 2.75) is 12.8 Å². The van der Waals surface area contributed by atoms with Crippen molar-refractivity contribution in [3.05, 3.63) is 54.1 Å². The molecule has 3 aromatic rings. The largest absolute Gasteiger partial charge is 0.497 e. The lowest BCUT2D eigenvalue weighted by Gasteiger charge is -2.09. The van der Waals surface area contributed by atoms with Gasteiger partial charge in [0.1, 0.15) is 12.2 Å². The Hall–Kier alpha value is -3.41. The number of benzene rings is 2. The van der Waals surface area contributed by atoms with Gasteiger partial charge in [-0.3, -0.25) is 14.4 Å². The molecule has 0 atom stereocenters. The minimum atomic E-state index is -0.647. The molecule has 0 radical (unpaired) electrons. The van der Waals surface area contributed by atoms with Gasteiger partial charge in [-0.1, -0.05) is 18.2 Å². The van der Waals surface area contributed by atoms with Crippen LogP contribution in [0.4, 0.5) is 0 Å². The normalized spacial score (nSPS) is 10.7. The highest BCUT2D eigenvalue weighted by Crippen LogP contribution is 2.34. The number of carbonyl (C=O) groups excluding carboxylic acids is 3. The Bertz CT molecular complexity index is 1050. The number of hydrogen-bond donors (Lipinski definition) is 0. The van der Waals surface area contributed by atoms with E-state index in [-0.39, 0.29) is 12.2 Å². The lowest BCUT2D eigenvalue weighted by Crippen LogP contribution is -2.14. The van der Waals surface area contributed by atoms with E-state index in [0.29, 0.717) is 11.3 Å². The van der Waals surface area contributed by atoms with Crippen molar-refractivity contribution in [3.63, 3.8) is 0 Å².